The average Bonchev–Trinajstić information content (AvgIpc) is 2.86. The Morgan fingerprint density at radius 1 is 1.40 bits per heavy atom. The van der Waals surface area contributed by atoms with Gasteiger partial charge in [-0.05, 0) is 40.9 Å². The molecule has 0 atom stereocenters. The molecule has 1 aromatic rings. The summed E-state index contributed by atoms with van der Waals surface area (Å²) in [5, 5.41) is 2.93. The Balaban J connectivity index is 1.82. The van der Waals surface area contributed by atoms with Crippen molar-refractivity contribution in [2.45, 2.75) is 25.3 Å². The van der Waals surface area contributed by atoms with E-state index in [2.05, 4.69) is 21.2 Å². The molecule has 0 unspecified atom stereocenters. The number of piperidine rings is 1. The van der Waals surface area contributed by atoms with Gasteiger partial charge < -0.3 is 14.6 Å². The molecule has 1 fully saturated rings. The van der Waals surface area contributed by atoms with Crippen LogP contribution in [-0.2, 0) is 4.79 Å². The van der Waals surface area contributed by atoms with Crippen LogP contribution in [0.3, 0.4) is 0 Å². The number of alkyl halides is 1. The third-order valence-corrected chi connectivity index (χ3v) is 3.87. The van der Waals surface area contributed by atoms with Crippen molar-refractivity contribution < 1.29 is 14.0 Å². The first-order valence-corrected chi connectivity index (χ1v) is 7.83. The van der Waals surface area contributed by atoms with Gasteiger partial charge in [0.25, 0.3) is 5.91 Å². The highest BCUT2D eigenvalue weighted by atomic mass is 79.9. The minimum Gasteiger partial charge on any atom is -0.444 e. The molecule has 0 bridgehead atoms. The van der Waals surface area contributed by atoms with Crippen LogP contribution >= 0.6 is 27.5 Å². The fourth-order valence-corrected chi connectivity index (χ4v) is 2.68. The predicted molar refractivity (Wildman–Crippen MR) is 78.8 cm³/mol. The van der Waals surface area contributed by atoms with Gasteiger partial charge in [0, 0.05) is 31.4 Å². The van der Waals surface area contributed by atoms with Gasteiger partial charge in [-0.15, -0.1) is 11.6 Å². The van der Waals surface area contributed by atoms with E-state index in [1.165, 1.54) is 0 Å². The highest BCUT2D eigenvalue weighted by Gasteiger charge is 2.25. The highest BCUT2D eigenvalue weighted by Crippen LogP contribution is 2.18. The normalized spacial score (nSPS) is 16.2. The molecular formula is C13H16BrClN2O3. The lowest BCUT2D eigenvalue weighted by atomic mass is 10.0. The largest absolute Gasteiger partial charge is 0.444 e. The zero-order chi connectivity index (χ0) is 14.5. The van der Waals surface area contributed by atoms with Crippen molar-refractivity contribution in [2.24, 2.45) is 0 Å². The van der Waals surface area contributed by atoms with Crippen molar-refractivity contribution in [2.75, 3.05) is 19.0 Å². The molecule has 2 heterocycles. The van der Waals surface area contributed by atoms with Crippen LogP contribution in [0.5, 0.6) is 0 Å². The van der Waals surface area contributed by atoms with Crippen LogP contribution in [0, 0.1) is 0 Å². The Bertz CT molecular complexity index is 484. The van der Waals surface area contributed by atoms with E-state index < -0.39 is 0 Å². The van der Waals surface area contributed by atoms with Crippen molar-refractivity contribution in [3.63, 3.8) is 0 Å². The summed E-state index contributed by atoms with van der Waals surface area (Å²) in [6.45, 7) is 1.23. The second-order valence-electron chi connectivity index (χ2n) is 4.68. The van der Waals surface area contributed by atoms with E-state index in [9.17, 15) is 9.59 Å². The third kappa shape index (κ3) is 3.99. The van der Waals surface area contributed by atoms with Gasteiger partial charge >= 0.3 is 0 Å². The molecule has 1 N–H and O–H groups in total. The fraction of sp³-hybridized carbons (Fsp3) is 0.538. The molecule has 1 aliphatic rings. The van der Waals surface area contributed by atoms with Crippen molar-refractivity contribution >= 4 is 39.3 Å². The molecule has 0 aliphatic carbocycles. The van der Waals surface area contributed by atoms with E-state index in [-0.39, 0.29) is 17.9 Å². The molecule has 1 aliphatic heterocycles. The number of halogens is 2. The summed E-state index contributed by atoms with van der Waals surface area (Å²) in [5.74, 6) is 0.527. The summed E-state index contributed by atoms with van der Waals surface area (Å²) in [6.07, 6.45) is 1.84. The Morgan fingerprint density at radius 2 is 2.10 bits per heavy atom. The van der Waals surface area contributed by atoms with Gasteiger partial charge in [-0.25, -0.2) is 0 Å². The molecule has 2 rings (SSSR count). The highest BCUT2D eigenvalue weighted by molar-refractivity contribution is 9.10. The first-order chi connectivity index (χ1) is 9.60. The number of hydrogen-bond acceptors (Lipinski definition) is 3. The third-order valence-electron chi connectivity index (χ3n) is 3.25. The number of nitrogens with zero attached hydrogens (tertiary/aromatic N) is 1. The number of likely N-dealkylation sites (tertiary alicyclic amines) is 1. The molecule has 2 amide bonds. The Labute approximate surface area is 130 Å². The van der Waals surface area contributed by atoms with Crippen LogP contribution in [-0.4, -0.2) is 41.7 Å². The number of furan rings is 1. The van der Waals surface area contributed by atoms with E-state index in [1.807, 2.05) is 0 Å². The van der Waals surface area contributed by atoms with Crippen LogP contribution in [0.2, 0.25) is 0 Å². The second-order valence-corrected chi connectivity index (χ2v) is 5.84. The van der Waals surface area contributed by atoms with Crippen LogP contribution in [0.1, 0.15) is 29.8 Å². The number of rotatable bonds is 4. The van der Waals surface area contributed by atoms with Crippen molar-refractivity contribution in [3.05, 3.63) is 22.6 Å². The zero-order valence-electron chi connectivity index (χ0n) is 10.9. The van der Waals surface area contributed by atoms with Crippen molar-refractivity contribution in [3.8, 4) is 0 Å². The first kappa shape index (κ1) is 15.4. The monoisotopic (exact) mass is 362 g/mol. The van der Waals surface area contributed by atoms with Crippen LogP contribution in [0.25, 0.3) is 0 Å². The number of amides is 2. The Hall–Kier alpha value is -1.01. The lowest BCUT2D eigenvalue weighted by molar-refractivity contribution is -0.121. The molecule has 5 nitrogen and oxygen atoms in total. The van der Waals surface area contributed by atoms with Gasteiger partial charge in [0.05, 0.1) is 0 Å². The maximum Gasteiger partial charge on any atom is 0.289 e. The first-order valence-electron chi connectivity index (χ1n) is 6.50. The summed E-state index contributed by atoms with van der Waals surface area (Å²) in [7, 11) is 0. The van der Waals surface area contributed by atoms with E-state index in [4.69, 9.17) is 16.0 Å². The van der Waals surface area contributed by atoms with Gasteiger partial charge in [0.1, 0.15) is 0 Å². The Kier molecular flexibility index (Phi) is 5.48. The van der Waals surface area contributed by atoms with Crippen molar-refractivity contribution in [1.29, 1.82) is 0 Å². The van der Waals surface area contributed by atoms with E-state index in [0.717, 1.165) is 12.8 Å². The molecule has 7 heteroatoms. The minimum atomic E-state index is -0.110. The molecule has 110 valence electrons. The lowest BCUT2D eigenvalue weighted by Crippen LogP contribution is -2.46. The van der Waals surface area contributed by atoms with E-state index >= 15 is 0 Å². The molecule has 1 saturated heterocycles. The van der Waals surface area contributed by atoms with Crippen molar-refractivity contribution in [1.82, 2.24) is 10.2 Å². The molecule has 0 spiro atoms. The number of hydrogen-bond donors (Lipinski definition) is 1. The van der Waals surface area contributed by atoms with Gasteiger partial charge in [0.15, 0.2) is 10.4 Å². The molecule has 0 saturated carbocycles. The Morgan fingerprint density at radius 3 is 2.65 bits per heavy atom. The average molecular weight is 364 g/mol. The summed E-state index contributed by atoms with van der Waals surface area (Å²) in [4.78, 5) is 25.4. The number of carbonyl (C=O) groups is 2. The van der Waals surface area contributed by atoms with E-state index in [0.29, 0.717) is 35.8 Å². The molecule has 1 aromatic heterocycles. The summed E-state index contributed by atoms with van der Waals surface area (Å²) in [6, 6.07) is 3.48. The van der Waals surface area contributed by atoms with Gasteiger partial charge in [-0.3, -0.25) is 9.59 Å². The number of carbonyl (C=O) groups excluding carboxylic acids is 2. The number of nitrogens with one attached hydrogen (secondary N) is 1. The molecular weight excluding hydrogens is 348 g/mol. The smallest absolute Gasteiger partial charge is 0.289 e. The summed E-state index contributed by atoms with van der Waals surface area (Å²) >= 11 is 8.70. The van der Waals surface area contributed by atoms with Crippen LogP contribution < -0.4 is 5.32 Å². The van der Waals surface area contributed by atoms with Gasteiger partial charge in [0.2, 0.25) is 5.91 Å². The summed E-state index contributed by atoms with van der Waals surface area (Å²) in [5.41, 5.74) is 0. The minimum absolute atomic E-state index is 0.0280. The van der Waals surface area contributed by atoms with Gasteiger partial charge in [-0.1, -0.05) is 0 Å². The molecule has 0 radical (unpaired) electrons. The predicted octanol–water partition coefficient (Wildman–Crippen LogP) is 2.39. The van der Waals surface area contributed by atoms with Gasteiger partial charge in [-0.2, -0.15) is 0 Å². The van der Waals surface area contributed by atoms with Crippen LogP contribution in [0.4, 0.5) is 0 Å². The second kappa shape index (κ2) is 7.13. The maximum atomic E-state index is 12.2. The topological polar surface area (TPSA) is 62.6 Å². The van der Waals surface area contributed by atoms with E-state index in [1.54, 1.807) is 17.0 Å². The zero-order valence-corrected chi connectivity index (χ0v) is 13.2. The molecule has 20 heavy (non-hydrogen) atoms. The summed E-state index contributed by atoms with van der Waals surface area (Å²) < 4.78 is 5.81. The quantitative estimate of drug-likeness (QED) is 0.836. The molecule has 0 aromatic carbocycles. The lowest BCUT2D eigenvalue weighted by Gasteiger charge is -2.31. The SMILES string of the molecule is O=C(CCCl)NC1CCN(C(=O)c2ccc(Br)o2)CC1. The fourth-order valence-electron chi connectivity index (χ4n) is 2.20. The standard InChI is InChI=1S/C13H16BrClN2O3/c14-11-2-1-10(20-11)13(19)17-7-4-9(5-8-17)16-12(18)3-6-15/h1-2,9H,3-8H2,(H,16,18). The maximum absolute atomic E-state index is 12.2. The van der Waals surface area contributed by atoms with Crippen LogP contribution in [0.15, 0.2) is 21.2 Å².